The summed E-state index contributed by atoms with van der Waals surface area (Å²) in [5, 5.41) is 4.31. The van der Waals surface area contributed by atoms with E-state index in [0.717, 1.165) is 36.8 Å². The summed E-state index contributed by atoms with van der Waals surface area (Å²) in [5.74, 6) is 0.873. The highest BCUT2D eigenvalue weighted by molar-refractivity contribution is 9.09. The molecule has 3 heteroatoms. The molecule has 1 rings (SSSR count). The van der Waals surface area contributed by atoms with E-state index in [0.29, 0.717) is 5.92 Å². The number of nitrogens with one attached hydrogen (secondary N) is 1. The molecule has 0 aromatic carbocycles. The van der Waals surface area contributed by atoms with Gasteiger partial charge in [0.05, 0.1) is 0 Å². The van der Waals surface area contributed by atoms with E-state index < -0.39 is 0 Å². The lowest BCUT2D eigenvalue weighted by Gasteiger charge is -2.16. The Morgan fingerprint density at radius 2 is 2.38 bits per heavy atom. The topological polar surface area (TPSA) is 29.1 Å². The Morgan fingerprint density at radius 1 is 1.62 bits per heavy atom. The molecule has 1 atom stereocenters. The highest BCUT2D eigenvalue weighted by atomic mass is 79.9. The molecule has 0 saturated heterocycles. The summed E-state index contributed by atoms with van der Waals surface area (Å²) >= 11 is 3.43. The van der Waals surface area contributed by atoms with Crippen molar-refractivity contribution in [2.75, 3.05) is 11.9 Å². The van der Waals surface area contributed by atoms with Crippen molar-refractivity contribution in [3.8, 4) is 0 Å². The largest absolute Gasteiger partial charge is 0.388 e. The van der Waals surface area contributed by atoms with Crippen LogP contribution in [0.1, 0.15) is 26.2 Å². The van der Waals surface area contributed by atoms with Crippen LogP contribution in [0.4, 0.5) is 0 Å². The number of carbonyl (C=O) groups is 1. The van der Waals surface area contributed by atoms with Gasteiger partial charge < -0.3 is 5.32 Å². The molecular weight excluding hydrogens is 230 g/mol. The molecule has 74 valence electrons. The van der Waals surface area contributed by atoms with Crippen LogP contribution in [-0.2, 0) is 4.79 Å². The third kappa shape index (κ3) is 3.94. The zero-order chi connectivity index (χ0) is 9.68. The van der Waals surface area contributed by atoms with Crippen molar-refractivity contribution in [2.24, 2.45) is 5.92 Å². The molecule has 0 aliphatic heterocycles. The van der Waals surface area contributed by atoms with Gasteiger partial charge in [0.2, 0.25) is 0 Å². The van der Waals surface area contributed by atoms with Crippen molar-refractivity contribution < 1.29 is 4.79 Å². The van der Waals surface area contributed by atoms with Gasteiger partial charge in [0.25, 0.3) is 0 Å². The first-order chi connectivity index (χ1) is 6.22. The van der Waals surface area contributed by atoms with Gasteiger partial charge in [0.1, 0.15) is 0 Å². The van der Waals surface area contributed by atoms with Crippen molar-refractivity contribution in [1.82, 2.24) is 5.32 Å². The van der Waals surface area contributed by atoms with E-state index in [4.69, 9.17) is 0 Å². The minimum Gasteiger partial charge on any atom is -0.388 e. The number of carbonyl (C=O) groups excluding carboxylic acids is 1. The molecule has 0 fully saturated rings. The number of hydrogen-bond acceptors (Lipinski definition) is 2. The number of alkyl halides is 1. The van der Waals surface area contributed by atoms with Gasteiger partial charge in [-0.25, -0.2) is 0 Å². The first kappa shape index (κ1) is 10.8. The summed E-state index contributed by atoms with van der Waals surface area (Å²) in [6.07, 6.45) is 4.50. The molecule has 0 heterocycles. The van der Waals surface area contributed by atoms with Gasteiger partial charge in [-0.05, 0) is 18.8 Å². The maximum Gasteiger partial charge on any atom is 0.157 e. The molecular formula is C10H16BrNO. The van der Waals surface area contributed by atoms with E-state index >= 15 is 0 Å². The molecule has 0 aromatic heterocycles. The van der Waals surface area contributed by atoms with Gasteiger partial charge >= 0.3 is 0 Å². The molecule has 1 aliphatic rings. The Hall–Kier alpha value is -0.310. The monoisotopic (exact) mass is 245 g/mol. The fourth-order valence-electron chi connectivity index (χ4n) is 1.29. The third-order valence-electron chi connectivity index (χ3n) is 2.15. The highest BCUT2D eigenvalue weighted by Gasteiger charge is 2.09. The number of rotatable bonds is 4. The van der Waals surface area contributed by atoms with E-state index in [1.54, 1.807) is 6.08 Å². The minimum atomic E-state index is 0.264. The molecule has 0 aromatic rings. The lowest BCUT2D eigenvalue weighted by molar-refractivity contribution is -0.115. The second kappa shape index (κ2) is 5.43. The average molecular weight is 246 g/mol. The van der Waals surface area contributed by atoms with E-state index in [1.165, 1.54) is 0 Å². The van der Waals surface area contributed by atoms with Crippen LogP contribution in [0.25, 0.3) is 0 Å². The molecule has 2 nitrogen and oxygen atoms in total. The fraction of sp³-hybridized carbons (Fsp3) is 0.700. The number of halogens is 1. The summed E-state index contributed by atoms with van der Waals surface area (Å²) in [6, 6.07) is 0. The second-order valence-electron chi connectivity index (χ2n) is 3.63. The first-order valence-corrected chi connectivity index (χ1v) is 5.87. The quantitative estimate of drug-likeness (QED) is 0.771. The summed E-state index contributed by atoms with van der Waals surface area (Å²) in [4.78, 5) is 11.1. The van der Waals surface area contributed by atoms with E-state index in [-0.39, 0.29) is 5.78 Å². The van der Waals surface area contributed by atoms with Gasteiger partial charge in [0.15, 0.2) is 5.78 Å². The normalized spacial score (nSPS) is 19.5. The van der Waals surface area contributed by atoms with Gasteiger partial charge in [-0.15, -0.1) is 0 Å². The molecule has 0 radical (unpaired) electrons. The SMILES string of the molecule is C[C@H](CBr)CNC1=CC(=O)CCC1. The van der Waals surface area contributed by atoms with Crippen molar-refractivity contribution in [3.63, 3.8) is 0 Å². The minimum absolute atomic E-state index is 0.264. The van der Waals surface area contributed by atoms with Gasteiger partial charge in [-0.2, -0.15) is 0 Å². The Kier molecular flexibility index (Phi) is 4.50. The molecule has 1 aliphatic carbocycles. The summed E-state index contributed by atoms with van der Waals surface area (Å²) < 4.78 is 0. The van der Waals surface area contributed by atoms with Crippen LogP contribution < -0.4 is 5.32 Å². The maximum absolute atomic E-state index is 11.1. The number of hydrogen-bond donors (Lipinski definition) is 1. The van der Waals surface area contributed by atoms with Crippen LogP contribution in [0.2, 0.25) is 0 Å². The van der Waals surface area contributed by atoms with E-state index in [1.807, 2.05) is 0 Å². The second-order valence-corrected chi connectivity index (χ2v) is 4.28. The summed E-state index contributed by atoms with van der Waals surface area (Å²) in [6.45, 7) is 3.12. The molecule has 0 amide bonds. The number of ketones is 1. The zero-order valence-electron chi connectivity index (χ0n) is 7.98. The third-order valence-corrected chi connectivity index (χ3v) is 3.25. The van der Waals surface area contributed by atoms with E-state index in [2.05, 4.69) is 28.2 Å². The lowest BCUT2D eigenvalue weighted by atomic mass is 10.0. The zero-order valence-corrected chi connectivity index (χ0v) is 9.56. The summed E-state index contributed by atoms with van der Waals surface area (Å²) in [7, 11) is 0. The van der Waals surface area contributed by atoms with Crippen LogP contribution in [0, 0.1) is 5.92 Å². The Labute approximate surface area is 87.9 Å². The molecule has 0 unspecified atom stereocenters. The molecule has 1 N–H and O–H groups in total. The lowest BCUT2D eigenvalue weighted by Crippen LogP contribution is -2.23. The average Bonchev–Trinajstić information content (AvgIpc) is 2.14. The van der Waals surface area contributed by atoms with Crippen LogP contribution in [0.5, 0.6) is 0 Å². The Morgan fingerprint density at radius 3 is 3.00 bits per heavy atom. The molecule has 0 bridgehead atoms. The fourth-order valence-corrected chi connectivity index (χ4v) is 1.52. The van der Waals surface area contributed by atoms with Crippen molar-refractivity contribution in [1.29, 1.82) is 0 Å². The van der Waals surface area contributed by atoms with Crippen molar-refractivity contribution in [2.45, 2.75) is 26.2 Å². The standard InChI is InChI=1S/C10H16BrNO/c1-8(6-11)7-12-9-3-2-4-10(13)5-9/h5,8,12H,2-4,6-7H2,1H3/t8-/m1/s1. The summed E-state index contributed by atoms with van der Waals surface area (Å²) in [5.41, 5.74) is 1.11. The number of allylic oxidation sites excluding steroid dienone is 2. The van der Waals surface area contributed by atoms with Crippen LogP contribution in [0.15, 0.2) is 11.8 Å². The van der Waals surface area contributed by atoms with Crippen LogP contribution in [0.3, 0.4) is 0 Å². The predicted octanol–water partition coefficient (Wildman–Crippen LogP) is 2.24. The van der Waals surface area contributed by atoms with Crippen molar-refractivity contribution >= 4 is 21.7 Å². The van der Waals surface area contributed by atoms with Crippen molar-refractivity contribution in [3.05, 3.63) is 11.8 Å². The molecule has 13 heavy (non-hydrogen) atoms. The maximum atomic E-state index is 11.1. The first-order valence-electron chi connectivity index (χ1n) is 4.75. The predicted molar refractivity (Wildman–Crippen MR) is 57.9 cm³/mol. The Balaban J connectivity index is 2.32. The Bertz CT molecular complexity index is 213. The molecule has 0 spiro atoms. The van der Waals surface area contributed by atoms with Gasteiger partial charge in [-0.1, -0.05) is 22.9 Å². The smallest absolute Gasteiger partial charge is 0.157 e. The van der Waals surface area contributed by atoms with Gasteiger partial charge in [-0.3, -0.25) is 4.79 Å². The van der Waals surface area contributed by atoms with E-state index in [9.17, 15) is 4.79 Å². The van der Waals surface area contributed by atoms with Crippen LogP contribution in [-0.4, -0.2) is 17.7 Å². The van der Waals surface area contributed by atoms with Crippen LogP contribution >= 0.6 is 15.9 Å². The van der Waals surface area contributed by atoms with Gasteiger partial charge in [0, 0.05) is 30.1 Å². The highest BCUT2D eigenvalue weighted by Crippen LogP contribution is 2.12. The molecule has 0 saturated carbocycles.